The average molecular weight is 346 g/mol. The third-order valence-electron chi connectivity index (χ3n) is 3.99. The standard InChI is InChI=1S/C17H16ClN3O3/c18-13-5-3-12(4-6-13)16(23)20-8-10-21(11-9-20)17(24)14-2-1-7-19-15(14)22/h1-7H,8-11H2,(H,19,22). The van der Waals surface area contributed by atoms with Gasteiger partial charge in [-0.05, 0) is 36.4 Å². The normalized spacial score (nSPS) is 14.5. The molecule has 1 aliphatic rings. The third kappa shape index (κ3) is 3.33. The summed E-state index contributed by atoms with van der Waals surface area (Å²) in [6.45, 7) is 1.65. The molecule has 0 atom stereocenters. The van der Waals surface area contributed by atoms with E-state index in [1.54, 1.807) is 40.1 Å². The van der Waals surface area contributed by atoms with E-state index in [0.29, 0.717) is 36.8 Å². The lowest BCUT2D eigenvalue weighted by Gasteiger charge is -2.34. The number of hydrogen-bond donors (Lipinski definition) is 1. The molecule has 1 aromatic carbocycles. The van der Waals surface area contributed by atoms with Gasteiger partial charge in [0.25, 0.3) is 17.4 Å². The monoisotopic (exact) mass is 345 g/mol. The van der Waals surface area contributed by atoms with Crippen LogP contribution in [0.5, 0.6) is 0 Å². The Morgan fingerprint density at radius 2 is 1.50 bits per heavy atom. The summed E-state index contributed by atoms with van der Waals surface area (Å²) in [5.74, 6) is -0.397. The van der Waals surface area contributed by atoms with Crippen LogP contribution in [0, 0.1) is 0 Å². The van der Waals surface area contributed by atoms with E-state index in [1.807, 2.05) is 0 Å². The summed E-state index contributed by atoms with van der Waals surface area (Å²) in [5, 5.41) is 0.579. The molecule has 1 fully saturated rings. The Morgan fingerprint density at radius 1 is 0.917 bits per heavy atom. The van der Waals surface area contributed by atoms with Gasteiger partial charge < -0.3 is 14.8 Å². The van der Waals surface area contributed by atoms with Gasteiger partial charge in [0.2, 0.25) is 0 Å². The summed E-state index contributed by atoms with van der Waals surface area (Å²) in [6, 6.07) is 9.85. The second-order valence-electron chi connectivity index (χ2n) is 5.50. The van der Waals surface area contributed by atoms with E-state index in [4.69, 9.17) is 11.6 Å². The van der Waals surface area contributed by atoms with Crippen molar-refractivity contribution in [3.05, 3.63) is 69.1 Å². The van der Waals surface area contributed by atoms with Gasteiger partial charge in [0.05, 0.1) is 0 Å². The van der Waals surface area contributed by atoms with Crippen molar-refractivity contribution in [3.8, 4) is 0 Å². The first-order valence-electron chi connectivity index (χ1n) is 7.58. The molecular formula is C17H16ClN3O3. The number of amides is 2. The Morgan fingerprint density at radius 3 is 2.08 bits per heavy atom. The summed E-state index contributed by atoms with van der Waals surface area (Å²) in [7, 11) is 0. The molecule has 0 aliphatic carbocycles. The van der Waals surface area contributed by atoms with Crippen molar-refractivity contribution >= 4 is 23.4 Å². The quantitative estimate of drug-likeness (QED) is 0.899. The highest BCUT2D eigenvalue weighted by Crippen LogP contribution is 2.13. The van der Waals surface area contributed by atoms with Crippen LogP contribution in [-0.2, 0) is 0 Å². The summed E-state index contributed by atoms with van der Waals surface area (Å²) < 4.78 is 0. The first-order valence-corrected chi connectivity index (χ1v) is 7.96. The SMILES string of the molecule is O=C(c1ccc(Cl)cc1)N1CCN(C(=O)c2ccc[nH]c2=O)CC1. The number of pyridine rings is 1. The van der Waals surface area contributed by atoms with Crippen molar-refractivity contribution in [3.63, 3.8) is 0 Å². The van der Waals surface area contributed by atoms with Crippen LogP contribution in [0.4, 0.5) is 0 Å². The molecule has 24 heavy (non-hydrogen) atoms. The topological polar surface area (TPSA) is 73.5 Å². The van der Waals surface area contributed by atoms with Crippen LogP contribution >= 0.6 is 11.6 Å². The van der Waals surface area contributed by atoms with Crippen molar-refractivity contribution in [2.24, 2.45) is 0 Å². The van der Waals surface area contributed by atoms with E-state index in [-0.39, 0.29) is 17.4 Å². The molecule has 2 amide bonds. The fourth-order valence-corrected chi connectivity index (χ4v) is 2.77. The van der Waals surface area contributed by atoms with Gasteiger partial charge in [-0.1, -0.05) is 11.6 Å². The largest absolute Gasteiger partial charge is 0.335 e. The molecule has 1 saturated heterocycles. The molecule has 124 valence electrons. The number of hydrogen-bond acceptors (Lipinski definition) is 3. The molecule has 0 bridgehead atoms. The lowest BCUT2D eigenvalue weighted by Crippen LogP contribution is -2.51. The molecule has 0 radical (unpaired) electrons. The Hall–Kier alpha value is -2.60. The number of aromatic nitrogens is 1. The average Bonchev–Trinajstić information content (AvgIpc) is 2.62. The van der Waals surface area contributed by atoms with Crippen LogP contribution < -0.4 is 5.56 Å². The molecule has 6 nitrogen and oxygen atoms in total. The fraction of sp³-hybridized carbons (Fsp3) is 0.235. The number of carbonyl (C=O) groups excluding carboxylic acids is 2. The summed E-state index contributed by atoms with van der Waals surface area (Å²) in [5.41, 5.74) is 0.288. The minimum absolute atomic E-state index is 0.0867. The smallest absolute Gasteiger partial charge is 0.260 e. The van der Waals surface area contributed by atoms with E-state index in [0.717, 1.165) is 0 Å². The first-order chi connectivity index (χ1) is 11.6. The predicted octanol–water partition coefficient (Wildman–Crippen LogP) is 1.63. The van der Waals surface area contributed by atoms with Crippen LogP contribution in [-0.4, -0.2) is 52.8 Å². The second-order valence-corrected chi connectivity index (χ2v) is 5.94. The number of halogens is 1. The number of carbonyl (C=O) groups is 2. The van der Waals surface area contributed by atoms with Gasteiger partial charge in [-0.15, -0.1) is 0 Å². The van der Waals surface area contributed by atoms with Crippen molar-refractivity contribution in [2.75, 3.05) is 26.2 Å². The number of aromatic amines is 1. The summed E-state index contributed by atoms with van der Waals surface area (Å²) >= 11 is 5.83. The Labute approximate surface area is 143 Å². The highest BCUT2D eigenvalue weighted by atomic mass is 35.5. The molecule has 0 saturated carbocycles. The van der Waals surface area contributed by atoms with Crippen molar-refractivity contribution in [1.82, 2.24) is 14.8 Å². The minimum atomic E-state index is -0.401. The van der Waals surface area contributed by atoms with Gasteiger partial charge in [0, 0.05) is 43.0 Å². The number of nitrogens with zero attached hydrogens (tertiary/aromatic N) is 2. The maximum atomic E-state index is 12.4. The third-order valence-corrected chi connectivity index (χ3v) is 4.25. The molecule has 3 rings (SSSR count). The Balaban J connectivity index is 1.64. The van der Waals surface area contributed by atoms with E-state index in [9.17, 15) is 14.4 Å². The maximum Gasteiger partial charge on any atom is 0.260 e. The highest BCUT2D eigenvalue weighted by molar-refractivity contribution is 6.30. The summed E-state index contributed by atoms with van der Waals surface area (Å²) in [6.07, 6.45) is 1.49. The molecule has 2 heterocycles. The fourth-order valence-electron chi connectivity index (χ4n) is 2.65. The van der Waals surface area contributed by atoms with Crippen molar-refractivity contribution in [1.29, 1.82) is 0 Å². The number of nitrogens with one attached hydrogen (secondary N) is 1. The Kier molecular flexibility index (Phi) is 4.66. The highest BCUT2D eigenvalue weighted by Gasteiger charge is 2.26. The zero-order valence-corrected chi connectivity index (χ0v) is 13.6. The zero-order chi connectivity index (χ0) is 17.1. The van der Waals surface area contributed by atoms with Crippen LogP contribution in [0.25, 0.3) is 0 Å². The maximum absolute atomic E-state index is 12.4. The van der Waals surface area contributed by atoms with Crippen LogP contribution in [0.15, 0.2) is 47.4 Å². The second kappa shape index (κ2) is 6.88. The molecule has 1 N–H and O–H groups in total. The summed E-state index contributed by atoms with van der Waals surface area (Å²) in [4.78, 5) is 42.3. The lowest BCUT2D eigenvalue weighted by molar-refractivity contribution is 0.0534. The Bertz CT molecular complexity index is 808. The molecule has 1 aromatic heterocycles. The molecule has 0 spiro atoms. The zero-order valence-electron chi connectivity index (χ0n) is 12.9. The van der Waals surface area contributed by atoms with Gasteiger partial charge >= 0.3 is 0 Å². The molecule has 7 heteroatoms. The molecular weight excluding hydrogens is 330 g/mol. The van der Waals surface area contributed by atoms with Crippen LogP contribution in [0.3, 0.4) is 0 Å². The van der Waals surface area contributed by atoms with Gasteiger partial charge in [0.1, 0.15) is 5.56 Å². The minimum Gasteiger partial charge on any atom is -0.335 e. The lowest BCUT2D eigenvalue weighted by atomic mass is 10.1. The van der Waals surface area contributed by atoms with Gasteiger partial charge in [-0.25, -0.2) is 0 Å². The number of rotatable bonds is 2. The number of benzene rings is 1. The van der Waals surface area contributed by atoms with Crippen LogP contribution in [0.2, 0.25) is 5.02 Å². The molecule has 1 aliphatic heterocycles. The van der Waals surface area contributed by atoms with Gasteiger partial charge in [-0.2, -0.15) is 0 Å². The first kappa shape index (κ1) is 16.3. The van der Waals surface area contributed by atoms with Gasteiger partial charge in [0.15, 0.2) is 0 Å². The van der Waals surface area contributed by atoms with E-state index in [2.05, 4.69) is 4.98 Å². The van der Waals surface area contributed by atoms with Crippen molar-refractivity contribution < 1.29 is 9.59 Å². The van der Waals surface area contributed by atoms with Gasteiger partial charge in [-0.3, -0.25) is 14.4 Å². The predicted molar refractivity (Wildman–Crippen MR) is 90.3 cm³/mol. The number of piperazine rings is 1. The van der Waals surface area contributed by atoms with Crippen LogP contribution in [0.1, 0.15) is 20.7 Å². The van der Waals surface area contributed by atoms with E-state index < -0.39 is 5.56 Å². The van der Waals surface area contributed by atoms with E-state index in [1.165, 1.54) is 12.3 Å². The molecule has 0 unspecified atom stereocenters. The van der Waals surface area contributed by atoms with E-state index >= 15 is 0 Å². The van der Waals surface area contributed by atoms with Crippen molar-refractivity contribution in [2.45, 2.75) is 0 Å². The number of H-pyrrole nitrogens is 1. The molecule has 2 aromatic rings.